The minimum Gasteiger partial charge on any atom is -0.340 e. The number of carbonyl (C=O) groups excluding carboxylic acids is 2. The molecule has 5 nitrogen and oxygen atoms in total. The summed E-state index contributed by atoms with van der Waals surface area (Å²) in [6.07, 6.45) is 6.86. The Balaban J connectivity index is 1.33. The molecule has 152 valence electrons. The van der Waals surface area contributed by atoms with Crippen molar-refractivity contribution in [3.63, 3.8) is 0 Å². The Kier molecular flexibility index (Phi) is 5.86. The van der Waals surface area contributed by atoms with E-state index >= 15 is 0 Å². The monoisotopic (exact) mass is 411 g/mol. The highest BCUT2D eigenvalue weighted by Gasteiger charge is 2.33. The second kappa shape index (κ2) is 8.54. The normalized spacial score (nSPS) is 22.0. The van der Waals surface area contributed by atoms with E-state index in [4.69, 9.17) is 11.6 Å². The number of nitrogens with zero attached hydrogens (tertiary/aromatic N) is 2. The lowest BCUT2D eigenvalue weighted by molar-refractivity contribution is -0.130. The number of rotatable bonds is 4. The van der Waals surface area contributed by atoms with Crippen molar-refractivity contribution in [1.82, 2.24) is 9.88 Å². The van der Waals surface area contributed by atoms with Crippen molar-refractivity contribution in [3.8, 4) is 11.1 Å². The molecule has 2 aliphatic rings. The number of hydrogen-bond acceptors (Lipinski definition) is 3. The Bertz CT molecular complexity index is 885. The van der Waals surface area contributed by atoms with E-state index in [1.54, 1.807) is 6.20 Å². The number of likely N-dealkylation sites (tertiary alicyclic amines) is 1. The molecule has 1 saturated carbocycles. The Morgan fingerprint density at radius 1 is 1.14 bits per heavy atom. The molecular formula is C23H26ClN3O2. The molecule has 0 unspecified atom stereocenters. The third-order valence-electron chi connectivity index (χ3n) is 6.01. The van der Waals surface area contributed by atoms with Crippen LogP contribution in [0.5, 0.6) is 0 Å². The number of aromatic nitrogens is 1. The number of pyridine rings is 1. The first-order valence-corrected chi connectivity index (χ1v) is 10.7. The fourth-order valence-electron chi connectivity index (χ4n) is 4.47. The summed E-state index contributed by atoms with van der Waals surface area (Å²) in [6, 6.07) is 9.98. The van der Waals surface area contributed by atoms with E-state index in [-0.39, 0.29) is 17.7 Å². The lowest BCUT2D eigenvalue weighted by Crippen LogP contribution is -2.40. The second-order valence-electron chi connectivity index (χ2n) is 8.13. The van der Waals surface area contributed by atoms with Gasteiger partial charge in [-0.2, -0.15) is 0 Å². The third kappa shape index (κ3) is 4.61. The predicted octanol–water partition coefficient (Wildman–Crippen LogP) is 4.83. The number of carbonyl (C=O) groups is 2. The van der Waals surface area contributed by atoms with Gasteiger partial charge in [0.2, 0.25) is 11.8 Å². The zero-order chi connectivity index (χ0) is 20.4. The van der Waals surface area contributed by atoms with Gasteiger partial charge in [0.05, 0.1) is 0 Å². The number of amides is 2. The van der Waals surface area contributed by atoms with Gasteiger partial charge in [-0.3, -0.25) is 9.59 Å². The quantitative estimate of drug-likeness (QED) is 0.783. The maximum absolute atomic E-state index is 12.7. The van der Waals surface area contributed by atoms with Crippen molar-refractivity contribution in [1.29, 1.82) is 0 Å². The molecule has 2 heterocycles. The topological polar surface area (TPSA) is 62.3 Å². The average Bonchev–Trinajstić information content (AvgIpc) is 3.14. The summed E-state index contributed by atoms with van der Waals surface area (Å²) in [5, 5.41) is 3.65. The van der Waals surface area contributed by atoms with Crippen LogP contribution < -0.4 is 5.32 Å². The van der Waals surface area contributed by atoms with Crippen LogP contribution in [-0.2, 0) is 9.59 Å². The molecule has 2 aromatic rings. The van der Waals surface area contributed by atoms with Crippen LogP contribution in [0, 0.1) is 12.8 Å². The van der Waals surface area contributed by atoms with Crippen molar-refractivity contribution in [3.05, 3.63) is 47.1 Å². The van der Waals surface area contributed by atoms with Gasteiger partial charge in [0.25, 0.3) is 0 Å². The Hall–Kier alpha value is -2.40. The van der Waals surface area contributed by atoms with E-state index in [2.05, 4.69) is 16.4 Å². The standard InChI is InChI=1S/C23H26ClN3O2/c1-15-11-18(13-19(24)12-15)17-6-9-21(25-14-17)26-23(29)16-4-7-20(8-5-16)27-10-2-3-22(27)28/h6,9,11-14,16,20H,2-5,7-8,10H2,1H3,(H,25,26,29). The van der Waals surface area contributed by atoms with Crippen molar-refractivity contribution < 1.29 is 9.59 Å². The van der Waals surface area contributed by atoms with Gasteiger partial charge in [0, 0.05) is 41.7 Å². The number of aryl methyl sites for hydroxylation is 1. The van der Waals surface area contributed by atoms with Crippen molar-refractivity contribution >= 4 is 29.2 Å². The van der Waals surface area contributed by atoms with Crippen LogP contribution in [0.4, 0.5) is 5.82 Å². The predicted molar refractivity (Wildman–Crippen MR) is 115 cm³/mol. The van der Waals surface area contributed by atoms with Crippen LogP contribution in [-0.4, -0.2) is 34.3 Å². The van der Waals surface area contributed by atoms with Gasteiger partial charge in [0.15, 0.2) is 0 Å². The molecule has 1 aromatic carbocycles. The zero-order valence-electron chi connectivity index (χ0n) is 16.7. The van der Waals surface area contributed by atoms with Crippen LogP contribution in [0.2, 0.25) is 5.02 Å². The summed E-state index contributed by atoms with van der Waals surface area (Å²) in [5.74, 6) is 0.850. The van der Waals surface area contributed by atoms with Gasteiger partial charge >= 0.3 is 0 Å². The number of anilines is 1. The molecule has 1 N–H and O–H groups in total. The highest BCUT2D eigenvalue weighted by Crippen LogP contribution is 2.31. The average molecular weight is 412 g/mol. The third-order valence-corrected chi connectivity index (χ3v) is 6.23. The number of benzene rings is 1. The van der Waals surface area contributed by atoms with E-state index in [0.717, 1.165) is 55.3 Å². The molecule has 2 fully saturated rings. The molecule has 0 atom stereocenters. The first kappa shape index (κ1) is 19.9. The summed E-state index contributed by atoms with van der Waals surface area (Å²) in [6.45, 7) is 2.88. The smallest absolute Gasteiger partial charge is 0.228 e. The lowest BCUT2D eigenvalue weighted by atomic mass is 9.85. The van der Waals surface area contributed by atoms with Crippen LogP contribution in [0.3, 0.4) is 0 Å². The van der Waals surface area contributed by atoms with E-state index in [0.29, 0.717) is 23.3 Å². The Labute approximate surface area is 176 Å². The number of hydrogen-bond donors (Lipinski definition) is 1. The van der Waals surface area contributed by atoms with E-state index < -0.39 is 0 Å². The highest BCUT2D eigenvalue weighted by molar-refractivity contribution is 6.31. The van der Waals surface area contributed by atoms with Crippen molar-refractivity contribution in [2.24, 2.45) is 5.92 Å². The molecule has 0 spiro atoms. The second-order valence-corrected chi connectivity index (χ2v) is 8.57. The van der Waals surface area contributed by atoms with Gasteiger partial charge in [-0.05, 0) is 74.4 Å². The van der Waals surface area contributed by atoms with Gasteiger partial charge in [-0.15, -0.1) is 0 Å². The van der Waals surface area contributed by atoms with Gasteiger partial charge < -0.3 is 10.2 Å². The maximum atomic E-state index is 12.7. The molecule has 0 bridgehead atoms. The Morgan fingerprint density at radius 3 is 2.55 bits per heavy atom. The molecule has 1 aromatic heterocycles. The summed E-state index contributed by atoms with van der Waals surface area (Å²) < 4.78 is 0. The number of halogens is 1. The van der Waals surface area contributed by atoms with E-state index in [9.17, 15) is 9.59 Å². The van der Waals surface area contributed by atoms with Crippen LogP contribution in [0.15, 0.2) is 36.5 Å². The summed E-state index contributed by atoms with van der Waals surface area (Å²) in [7, 11) is 0. The van der Waals surface area contributed by atoms with Gasteiger partial charge in [0.1, 0.15) is 5.82 Å². The molecular weight excluding hydrogens is 386 g/mol. The summed E-state index contributed by atoms with van der Waals surface area (Å²) >= 11 is 6.15. The van der Waals surface area contributed by atoms with Crippen LogP contribution >= 0.6 is 11.6 Å². The van der Waals surface area contributed by atoms with Crippen molar-refractivity contribution in [2.45, 2.75) is 51.5 Å². The zero-order valence-corrected chi connectivity index (χ0v) is 17.4. The fraction of sp³-hybridized carbons (Fsp3) is 0.435. The molecule has 0 radical (unpaired) electrons. The van der Waals surface area contributed by atoms with E-state index in [1.807, 2.05) is 36.1 Å². The van der Waals surface area contributed by atoms with Gasteiger partial charge in [-0.25, -0.2) is 4.98 Å². The minimum absolute atomic E-state index is 0.0130. The van der Waals surface area contributed by atoms with E-state index in [1.165, 1.54) is 0 Å². The SMILES string of the molecule is Cc1cc(Cl)cc(-c2ccc(NC(=O)C3CCC(N4CCCC4=O)CC3)nc2)c1. The lowest BCUT2D eigenvalue weighted by Gasteiger charge is -2.34. The first-order chi connectivity index (χ1) is 14.0. The number of nitrogens with one attached hydrogen (secondary N) is 1. The Morgan fingerprint density at radius 2 is 1.93 bits per heavy atom. The molecule has 6 heteroatoms. The van der Waals surface area contributed by atoms with Crippen LogP contribution in [0.25, 0.3) is 11.1 Å². The van der Waals surface area contributed by atoms with Crippen molar-refractivity contribution in [2.75, 3.05) is 11.9 Å². The fourth-order valence-corrected chi connectivity index (χ4v) is 4.76. The summed E-state index contributed by atoms with van der Waals surface area (Å²) in [4.78, 5) is 31.0. The molecule has 1 aliphatic carbocycles. The molecule has 29 heavy (non-hydrogen) atoms. The summed E-state index contributed by atoms with van der Waals surface area (Å²) in [5.41, 5.74) is 3.07. The molecule has 2 amide bonds. The largest absolute Gasteiger partial charge is 0.340 e. The highest BCUT2D eigenvalue weighted by atomic mass is 35.5. The van der Waals surface area contributed by atoms with Gasteiger partial charge in [-0.1, -0.05) is 17.7 Å². The molecule has 1 saturated heterocycles. The molecule has 1 aliphatic heterocycles. The first-order valence-electron chi connectivity index (χ1n) is 10.3. The minimum atomic E-state index is -0.0130. The molecule has 4 rings (SSSR count). The van der Waals surface area contributed by atoms with Crippen LogP contribution in [0.1, 0.15) is 44.1 Å². The maximum Gasteiger partial charge on any atom is 0.228 e.